The Morgan fingerprint density at radius 2 is 2.03 bits per heavy atom. The third kappa shape index (κ3) is 7.45. The highest BCUT2D eigenvalue weighted by Crippen LogP contribution is 2.30. The summed E-state index contributed by atoms with van der Waals surface area (Å²) < 4.78 is 32.4. The zero-order chi connectivity index (χ0) is 21.9. The first-order valence-corrected chi connectivity index (χ1v) is 9.68. The standard InChI is InChI=1S/C20H29NO9/c1-13(23)28-16-10-18(20(24)25-2)30-19(11-16)29-17-9-15(4-3-14(17)12-22)27-8-7-26-6-5-21/h3-4,9,16,18-19,22H,5-8,10-12,21H2,1-2H3/t16-,18-,19+/m0/s1. The number of rotatable bonds is 11. The Hall–Kier alpha value is -2.40. The smallest absolute Gasteiger partial charge is 0.335 e. The maximum atomic E-state index is 11.9. The fourth-order valence-electron chi connectivity index (χ4n) is 2.94. The molecule has 0 unspecified atom stereocenters. The molecular weight excluding hydrogens is 398 g/mol. The Balaban J connectivity index is 2.07. The zero-order valence-corrected chi connectivity index (χ0v) is 17.2. The molecular formula is C20H29NO9. The zero-order valence-electron chi connectivity index (χ0n) is 17.2. The Morgan fingerprint density at radius 1 is 1.23 bits per heavy atom. The van der Waals surface area contributed by atoms with E-state index in [2.05, 4.69) is 0 Å². The number of carbonyl (C=O) groups is 2. The number of nitrogens with two attached hydrogens (primary N) is 1. The van der Waals surface area contributed by atoms with Crippen LogP contribution in [0.3, 0.4) is 0 Å². The van der Waals surface area contributed by atoms with Crippen molar-refractivity contribution in [1.29, 1.82) is 0 Å². The molecule has 1 aromatic rings. The van der Waals surface area contributed by atoms with Crippen molar-refractivity contribution < 1.29 is 43.1 Å². The van der Waals surface area contributed by atoms with E-state index in [1.807, 2.05) is 0 Å². The predicted octanol–water partition coefficient (Wildman–Crippen LogP) is 0.522. The minimum absolute atomic E-state index is 0.172. The lowest BCUT2D eigenvalue weighted by molar-refractivity contribution is -0.204. The van der Waals surface area contributed by atoms with Gasteiger partial charge in [-0.2, -0.15) is 0 Å². The lowest BCUT2D eigenvalue weighted by Crippen LogP contribution is -2.44. The molecule has 1 aliphatic rings. The number of hydrogen-bond acceptors (Lipinski definition) is 10. The van der Waals surface area contributed by atoms with Gasteiger partial charge in [0.1, 0.15) is 24.2 Å². The van der Waals surface area contributed by atoms with E-state index >= 15 is 0 Å². The van der Waals surface area contributed by atoms with E-state index in [0.29, 0.717) is 43.4 Å². The van der Waals surface area contributed by atoms with Gasteiger partial charge in [-0.3, -0.25) is 4.79 Å². The molecule has 30 heavy (non-hydrogen) atoms. The van der Waals surface area contributed by atoms with Gasteiger partial charge in [0, 0.05) is 37.9 Å². The van der Waals surface area contributed by atoms with Gasteiger partial charge in [0.15, 0.2) is 6.10 Å². The number of esters is 2. The van der Waals surface area contributed by atoms with Crippen molar-refractivity contribution in [2.75, 3.05) is 33.5 Å². The Kier molecular flexibility index (Phi) is 9.81. The summed E-state index contributed by atoms with van der Waals surface area (Å²) in [5.74, 6) is -0.213. The van der Waals surface area contributed by atoms with Gasteiger partial charge in [-0.1, -0.05) is 0 Å². The molecule has 0 radical (unpaired) electrons. The van der Waals surface area contributed by atoms with Crippen LogP contribution < -0.4 is 15.2 Å². The van der Waals surface area contributed by atoms with Crippen LogP contribution in [-0.2, 0) is 35.1 Å². The molecule has 1 aliphatic heterocycles. The fourth-order valence-corrected chi connectivity index (χ4v) is 2.94. The average Bonchev–Trinajstić information content (AvgIpc) is 2.72. The van der Waals surface area contributed by atoms with Crippen LogP contribution in [-0.4, -0.2) is 69.0 Å². The van der Waals surface area contributed by atoms with Gasteiger partial charge in [-0.05, 0) is 12.1 Å². The molecule has 2 rings (SSSR count). The molecule has 3 N–H and O–H groups in total. The lowest BCUT2D eigenvalue weighted by Gasteiger charge is -2.33. The Morgan fingerprint density at radius 3 is 2.70 bits per heavy atom. The van der Waals surface area contributed by atoms with Gasteiger partial charge < -0.3 is 39.3 Å². The second-order valence-corrected chi connectivity index (χ2v) is 6.58. The molecule has 0 aliphatic carbocycles. The first-order valence-electron chi connectivity index (χ1n) is 9.68. The number of benzene rings is 1. The molecule has 0 saturated carbocycles. The fraction of sp³-hybridized carbons (Fsp3) is 0.600. The van der Waals surface area contributed by atoms with E-state index < -0.39 is 30.4 Å². The lowest BCUT2D eigenvalue weighted by atomic mass is 10.0. The monoisotopic (exact) mass is 427 g/mol. The first-order chi connectivity index (χ1) is 14.5. The molecule has 10 heteroatoms. The molecule has 0 amide bonds. The van der Waals surface area contributed by atoms with Crippen molar-refractivity contribution >= 4 is 11.9 Å². The topological polar surface area (TPSA) is 136 Å². The van der Waals surface area contributed by atoms with E-state index in [0.717, 1.165) is 0 Å². The van der Waals surface area contributed by atoms with Crippen LogP contribution in [0.2, 0.25) is 0 Å². The summed E-state index contributed by atoms with van der Waals surface area (Å²) in [6.45, 7) is 2.61. The van der Waals surface area contributed by atoms with Gasteiger partial charge in [0.25, 0.3) is 0 Å². The van der Waals surface area contributed by atoms with E-state index in [4.69, 9.17) is 34.2 Å². The Bertz CT molecular complexity index is 697. The molecule has 168 valence electrons. The van der Waals surface area contributed by atoms with E-state index in [-0.39, 0.29) is 19.4 Å². The van der Waals surface area contributed by atoms with Crippen LogP contribution in [0.5, 0.6) is 11.5 Å². The number of carbonyl (C=O) groups excluding carboxylic acids is 2. The van der Waals surface area contributed by atoms with Gasteiger partial charge >= 0.3 is 11.9 Å². The third-order valence-electron chi connectivity index (χ3n) is 4.27. The normalized spacial score (nSPS) is 21.0. The van der Waals surface area contributed by atoms with Crippen LogP contribution in [0.25, 0.3) is 0 Å². The maximum Gasteiger partial charge on any atom is 0.335 e. The van der Waals surface area contributed by atoms with Crippen LogP contribution >= 0.6 is 0 Å². The second kappa shape index (κ2) is 12.3. The summed E-state index contributed by atoms with van der Waals surface area (Å²) in [5.41, 5.74) is 5.87. The molecule has 3 atom stereocenters. The van der Waals surface area contributed by atoms with Crippen LogP contribution in [0.15, 0.2) is 18.2 Å². The van der Waals surface area contributed by atoms with Crippen LogP contribution in [0, 0.1) is 0 Å². The minimum atomic E-state index is -0.935. The van der Waals surface area contributed by atoms with E-state index in [1.54, 1.807) is 18.2 Å². The predicted molar refractivity (Wildman–Crippen MR) is 104 cm³/mol. The van der Waals surface area contributed by atoms with Crippen molar-refractivity contribution in [3.8, 4) is 11.5 Å². The van der Waals surface area contributed by atoms with Crippen LogP contribution in [0.4, 0.5) is 0 Å². The van der Waals surface area contributed by atoms with Crippen molar-refractivity contribution in [3.63, 3.8) is 0 Å². The van der Waals surface area contributed by atoms with E-state index in [9.17, 15) is 14.7 Å². The molecule has 0 bridgehead atoms. The molecule has 0 spiro atoms. The third-order valence-corrected chi connectivity index (χ3v) is 4.27. The average molecular weight is 427 g/mol. The number of ether oxygens (including phenoxy) is 6. The van der Waals surface area contributed by atoms with Crippen molar-refractivity contribution in [2.24, 2.45) is 5.73 Å². The summed E-state index contributed by atoms with van der Waals surface area (Å²) in [7, 11) is 1.25. The highest BCUT2D eigenvalue weighted by Gasteiger charge is 2.37. The molecule has 1 fully saturated rings. The molecule has 10 nitrogen and oxygen atoms in total. The van der Waals surface area contributed by atoms with Gasteiger partial charge in [-0.15, -0.1) is 0 Å². The molecule has 1 saturated heterocycles. The summed E-state index contributed by atoms with van der Waals surface area (Å²) in [5, 5.41) is 9.62. The van der Waals surface area contributed by atoms with Gasteiger partial charge in [-0.25, -0.2) is 4.79 Å². The SMILES string of the molecule is COC(=O)[C@@H]1C[C@H](OC(C)=O)C[C@H](Oc2cc(OCCOCCN)ccc2CO)O1. The summed E-state index contributed by atoms with van der Waals surface area (Å²) >= 11 is 0. The second-order valence-electron chi connectivity index (χ2n) is 6.58. The minimum Gasteiger partial charge on any atom is -0.491 e. The number of aliphatic hydroxyl groups excluding tert-OH is 1. The van der Waals surface area contributed by atoms with Crippen molar-refractivity contribution in [1.82, 2.24) is 0 Å². The molecule has 1 heterocycles. The highest BCUT2D eigenvalue weighted by atomic mass is 16.7. The van der Waals surface area contributed by atoms with E-state index in [1.165, 1.54) is 14.0 Å². The largest absolute Gasteiger partial charge is 0.491 e. The van der Waals surface area contributed by atoms with Crippen LogP contribution in [0.1, 0.15) is 25.3 Å². The summed E-state index contributed by atoms with van der Waals surface area (Å²) in [6.07, 6.45) is -2.00. The Labute approximate surface area is 175 Å². The number of hydrogen-bond donors (Lipinski definition) is 2. The number of methoxy groups -OCH3 is 1. The highest BCUT2D eigenvalue weighted by molar-refractivity contribution is 5.74. The van der Waals surface area contributed by atoms with Gasteiger partial charge in [0.05, 0.1) is 26.9 Å². The summed E-state index contributed by atoms with van der Waals surface area (Å²) in [4.78, 5) is 23.3. The molecule has 0 aromatic heterocycles. The summed E-state index contributed by atoms with van der Waals surface area (Å²) in [6, 6.07) is 4.97. The quantitative estimate of drug-likeness (QED) is 0.380. The van der Waals surface area contributed by atoms with Gasteiger partial charge in [0.2, 0.25) is 6.29 Å². The molecule has 1 aromatic carbocycles. The first kappa shape index (κ1) is 23.9. The van der Waals surface area contributed by atoms with Crippen molar-refractivity contribution in [2.45, 2.75) is 44.9 Å². The number of aliphatic hydroxyl groups is 1. The maximum absolute atomic E-state index is 11.9. The van der Waals surface area contributed by atoms with Crippen molar-refractivity contribution in [3.05, 3.63) is 23.8 Å².